The number of alkyl halides is 4. The minimum atomic E-state index is -4.07. The topological polar surface area (TPSA) is 0 Å². The third-order valence-corrected chi connectivity index (χ3v) is 2.00. The van der Waals surface area contributed by atoms with E-state index in [-0.39, 0.29) is 0 Å². The second-order valence-corrected chi connectivity index (χ2v) is 3.45. The molecule has 0 nitrogen and oxygen atoms in total. The van der Waals surface area contributed by atoms with Gasteiger partial charge in [-0.2, -0.15) is 13.2 Å². The molecule has 0 radical (unpaired) electrons. The van der Waals surface area contributed by atoms with Gasteiger partial charge in [0.15, 0.2) is 0 Å². The Bertz CT molecular complexity index is 86.7. The van der Waals surface area contributed by atoms with E-state index in [1.165, 1.54) is 6.92 Å². The molecule has 0 aromatic rings. The van der Waals surface area contributed by atoms with E-state index in [1.54, 1.807) is 0 Å². The number of rotatable bonds is 1. The molecule has 0 aromatic heterocycles. The molecule has 4 heteroatoms. The van der Waals surface area contributed by atoms with Crippen LogP contribution in [0, 0.1) is 5.92 Å². The van der Waals surface area contributed by atoms with Gasteiger partial charge in [0, 0.05) is 4.83 Å². The van der Waals surface area contributed by atoms with Crippen molar-refractivity contribution in [3.05, 3.63) is 0 Å². The van der Waals surface area contributed by atoms with E-state index in [4.69, 9.17) is 0 Å². The normalized spacial score (nSPS) is 19.3. The minimum Gasteiger partial charge on any atom is -0.171 e. The molecule has 0 aliphatic carbocycles. The molecule has 9 heavy (non-hydrogen) atoms. The van der Waals surface area contributed by atoms with Crippen LogP contribution >= 0.6 is 15.9 Å². The second-order valence-electron chi connectivity index (χ2n) is 2.01. The first-order valence-electron chi connectivity index (χ1n) is 2.56. The molecule has 0 aliphatic heterocycles. The maximum atomic E-state index is 11.7. The molecular weight excluding hydrogens is 197 g/mol. The fraction of sp³-hybridized carbons (Fsp3) is 1.00. The Morgan fingerprint density at radius 1 is 1.22 bits per heavy atom. The van der Waals surface area contributed by atoms with Gasteiger partial charge in [-0.15, -0.1) is 0 Å². The Morgan fingerprint density at radius 2 is 1.56 bits per heavy atom. The fourth-order valence-corrected chi connectivity index (χ4v) is 0.560. The van der Waals surface area contributed by atoms with Gasteiger partial charge in [-0.25, -0.2) is 0 Å². The summed E-state index contributed by atoms with van der Waals surface area (Å²) in [4.78, 5) is -0.502. The molecule has 0 heterocycles. The number of hydrogen-bond donors (Lipinski definition) is 0. The van der Waals surface area contributed by atoms with Crippen LogP contribution in [0.4, 0.5) is 13.2 Å². The van der Waals surface area contributed by atoms with Crippen LogP contribution in [-0.2, 0) is 0 Å². The molecule has 0 aliphatic rings. The fourth-order valence-electron chi connectivity index (χ4n) is 0.260. The van der Waals surface area contributed by atoms with Crippen LogP contribution in [-0.4, -0.2) is 11.0 Å². The molecule has 56 valence electrons. The Balaban J connectivity index is 3.88. The van der Waals surface area contributed by atoms with Gasteiger partial charge >= 0.3 is 6.18 Å². The van der Waals surface area contributed by atoms with Gasteiger partial charge in [-0.3, -0.25) is 0 Å². The van der Waals surface area contributed by atoms with Crippen molar-refractivity contribution < 1.29 is 13.2 Å². The lowest BCUT2D eigenvalue weighted by Crippen LogP contribution is -2.25. The zero-order valence-corrected chi connectivity index (χ0v) is 6.75. The lowest BCUT2D eigenvalue weighted by atomic mass is 10.1. The zero-order chi connectivity index (χ0) is 7.65. The Hall–Kier alpha value is 0.270. The first-order chi connectivity index (χ1) is 3.85. The summed E-state index contributed by atoms with van der Waals surface area (Å²) in [7, 11) is 0. The maximum Gasteiger partial charge on any atom is 0.392 e. The van der Waals surface area contributed by atoms with E-state index in [9.17, 15) is 13.2 Å². The molecule has 0 amide bonds. The van der Waals surface area contributed by atoms with E-state index in [0.29, 0.717) is 0 Å². The van der Waals surface area contributed by atoms with Gasteiger partial charge in [0.2, 0.25) is 0 Å². The predicted octanol–water partition coefficient (Wildman–Crippen LogP) is 2.97. The first-order valence-corrected chi connectivity index (χ1v) is 3.48. The molecule has 0 saturated heterocycles. The van der Waals surface area contributed by atoms with E-state index in [1.807, 2.05) is 0 Å². The molecule has 2 atom stereocenters. The quantitative estimate of drug-likeness (QED) is 0.577. The highest BCUT2D eigenvalue weighted by Gasteiger charge is 2.38. The van der Waals surface area contributed by atoms with Gasteiger partial charge in [-0.1, -0.05) is 29.8 Å². The van der Waals surface area contributed by atoms with E-state index in [2.05, 4.69) is 15.9 Å². The molecule has 0 bridgehead atoms. The lowest BCUT2D eigenvalue weighted by molar-refractivity contribution is -0.167. The van der Waals surface area contributed by atoms with Crippen LogP contribution in [0.15, 0.2) is 0 Å². The molecule has 0 aromatic carbocycles. The van der Waals surface area contributed by atoms with Crippen LogP contribution in [0.3, 0.4) is 0 Å². The molecular formula is C5H8BrF3. The van der Waals surface area contributed by atoms with Crippen LogP contribution in [0.25, 0.3) is 0 Å². The summed E-state index contributed by atoms with van der Waals surface area (Å²) >= 11 is 2.86. The van der Waals surface area contributed by atoms with Gasteiger partial charge in [0.1, 0.15) is 0 Å². The molecule has 0 rings (SSSR count). The minimum absolute atomic E-state index is 0.502. The standard InChI is InChI=1S/C5H8BrF3/c1-3(4(2)6)5(7,8)9/h3-4H,1-2H3/t3?,4-/m0/s1. The predicted molar refractivity (Wildman–Crippen MR) is 33.6 cm³/mol. The average molecular weight is 205 g/mol. The first kappa shape index (κ1) is 9.27. The van der Waals surface area contributed by atoms with Crippen molar-refractivity contribution in [3.8, 4) is 0 Å². The summed E-state index contributed by atoms with van der Waals surface area (Å²) < 4.78 is 35.0. The van der Waals surface area contributed by atoms with Crippen LogP contribution < -0.4 is 0 Å². The van der Waals surface area contributed by atoms with Crippen LogP contribution in [0.2, 0.25) is 0 Å². The van der Waals surface area contributed by atoms with Gasteiger partial charge in [0.05, 0.1) is 5.92 Å². The van der Waals surface area contributed by atoms with Crippen molar-refractivity contribution in [2.45, 2.75) is 24.9 Å². The SMILES string of the molecule is CC([C@H](C)Br)C(F)(F)F. The molecule has 1 unspecified atom stereocenters. The van der Waals surface area contributed by atoms with Gasteiger partial charge in [-0.05, 0) is 0 Å². The summed E-state index contributed by atoms with van der Waals surface area (Å²) in [5.74, 6) is -1.27. The third-order valence-electron chi connectivity index (χ3n) is 1.21. The van der Waals surface area contributed by atoms with Crippen molar-refractivity contribution in [2.75, 3.05) is 0 Å². The van der Waals surface area contributed by atoms with Crippen molar-refractivity contribution in [2.24, 2.45) is 5.92 Å². The highest BCUT2D eigenvalue weighted by Crippen LogP contribution is 2.31. The highest BCUT2D eigenvalue weighted by molar-refractivity contribution is 9.09. The summed E-state index contributed by atoms with van der Waals surface area (Å²) in [6.07, 6.45) is -4.07. The van der Waals surface area contributed by atoms with Crippen molar-refractivity contribution in [3.63, 3.8) is 0 Å². The lowest BCUT2D eigenvalue weighted by Gasteiger charge is -2.16. The summed E-state index contributed by atoms with van der Waals surface area (Å²) in [6.45, 7) is 2.64. The third kappa shape index (κ3) is 3.08. The maximum absolute atomic E-state index is 11.7. The van der Waals surface area contributed by atoms with E-state index >= 15 is 0 Å². The van der Waals surface area contributed by atoms with Crippen molar-refractivity contribution in [1.82, 2.24) is 0 Å². The van der Waals surface area contributed by atoms with E-state index in [0.717, 1.165) is 6.92 Å². The molecule has 0 N–H and O–H groups in total. The van der Waals surface area contributed by atoms with Crippen LogP contribution in [0.1, 0.15) is 13.8 Å². The summed E-state index contributed by atoms with van der Waals surface area (Å²) in [5.41, 5.74) is 0. The van der Waals surface area contributed by atoms with Gasteiger partial charge < -0.3 is 0 Å². The number of hydrogen-bond acceptors (Lipinski definition) is 0. The van der Waals surface area contributed by atoms with Crippen LogP contribution in [0.5, 0.6) is 0 Å². The number of halogens is 4. The molecule has 0 fully saturated rings. The second kappa shape index (κ2) is 2.90. The van der Waals surface area contributed by atoms with E-state index < -0.39 is 16.9 Å². The monoisotopic (exact) mass is 204 g/mol. The average Bonchev–Trinajstić information content (AvgIpc) is 1.62. The largest absolute Gasteiger partial charge is 0.392 e. The summed E-state index contributed by atoms with van der Waals surface area (Å²) in [6, 6.07) is 0. The smallest absolute Gasteiger partial charge is 0.171 e. The Kier molecular flexibility index (Phi) is 2.99. The van der Waals surface area contributed by atoms with Crippen molar-refractivity contribution in [1.29, 1.82) is 0 Å². The molecule has 0 spiro atoms. The Labute approximate surface area is 60.6 Å². The Morgan fingerprint density at radius 3 is 1.56 bits per heavy atom. The molecule has 0 saturated carbocycles. The zero-order valence-electron chi connectivity index (χ0n) is 5.17. The van der Waals surface area contributed by atoms with Crippen molar-refractivity contribution >= 4 is 15.9 Å². The highest BCUT2D eigenvalue weighted by atomic mass is 79.9. The van der Waals surface area contributed by atoms with Gasteiger partial charge in [0.25, 0.3) is 0 Å². The summed E-state index contributed by atoms with van der Waals surface area (Å²) in [5, 5.41) is 0.